The zero-order valence-electron chi connectivity index (χ0n) is 12.4. The molecule has 0 bridgehead atoms. The van der Waals surface area contributed by atoms with E-state index < -0.39 is 30.3 Å². The fourth-order valence-corrected chi connectivity index (χ4v) is 3.39. The topological polar surface area (TPSA) is 110 Å². The van der Waals surface area contributed by atoms with Crippen LogP contribution in [0.2, 0.25) is 0 Å². The molecule has 24 heavy (non-hydrogen) atoms. The Bertz CT molecular complexity index is 728. The molecule has 1 saturated heterocycles. The highest BCUT2D eigenvalue weighted by atomic mass is 32.2. The largest absolute Gasteiger partial charge is 0.550 e. The molecule has 7 nitrogen and oxygen atoms in total. The number of aliphatic carboxylic acids is 2. The van der Waals surface area contributed by atoms with Crippen molar-refractivity contribution in [2.75, 3.05) is 7.11 Å². The molecule has 0 aromatic heterocycles. The molecule has 1 aromatic carbocycles. The maximum Gasteiger partial charge on any atom is 0.266 e. The average Bonchev–Trinajstić information content (AvgIpc) is 2.79. The molecular formula is C15H11NO6S2-2. The van der Waals surface area contributed by atoms with E-state index in [2.05, 4.69) is 0 Å². The SMILES string of the molecule is COc1ccc(/C=C2/SC(=S)N([C@@H](CC(=O)[O-])C(=O)[O-])C2=O)cc1. The molecular weight excluding hydrogens is 354 g/mol. The Hall–Kier alpha value is -2.39. The van der Waals surface area contributed by atoms with Crippen LogP contribution in [-0.2, 0) is 14.4 Å². The first-order valence-electron chi connectivity index (χ1n) is 6.65. The number of hydrogen-bond donors (Lipinski definition) is 0. The third kappa shape index (κ3) is 3.92. The molecule has 1 aliphatic rings. The number of carboxylic acids is 2. The minimum Gasteiger partial charge on any atom is -0.550 e. The van der Waals surface area contributed by atoms with Crippen molar-refractivity contribution >= 4 is 52.2 Å². The van der Waals surface area contributed by atoms with Crippen molar-refractivity contribution in [2.24, 2.45) is 0 Å². The van der Waals surface area contributed by atoms with E-state index in [0.29, 0.717) is 11.3 Å². The van der Waals surface area contributed by atoms with Crippen LogP contribution in [0, 0.1) is 0 Å². The Labute approximate surface area is 146 Å². The van der Waals surface area contributed by atoms with Gasteiger partial charge in [-0.3, -0.25) is 9.69 Å². The van der Waals surface area contributed by atoms with E-state index in [4.69, 9.17) is 17.0 Å². The second kappa shape index (κ2) is 7.45. The first-order valence-corrected chi connectivity index (χ1v) is 7.87. The molecule has 0 radical (unpaired) electrons. The van der Waals surface area contributed by atoms with Gasteiger partial charge in [-0.05, 0) is 23.8 Å². The van der Waals surface area contributed by atoms with Gasteiger partial charge in [0, 0.05) is 12.4 Å². The van der Waals surface area contributed by atoms with E-state index in [1.54, 1.807) is 24.3 Å². The van der Waals surface area contributed by atoms with E-state index in [-0.39, 0.29) is 9.23 Å². The van der Waals surface area contributed by atoms with Gasteiger partial charge >= 0.3 is 0 Å². The van der Waals surface area contributed by atoms with Crippen molar-refractivity contribution < 1.29 is 29.3 Å². The summed E-state index contributed by atoms with van der Waals surface area (Å²) in [5, 5.41) is 21.9. The van der Waals surface area contributed by atoms with Gasteiger partial charge in [-0.25, -0.2) is 0 Å². The van der Waals surface area contributed by atoms with Gasteiger partial charge < -0.3 is 24.5 Å². The summed E-state index contributed by atoms with van der Waals surface area (Å²) in [7, 11) is 1.53. The second-order valence-corrected chi connectivity index (χ2v) is 6.41. The molecule has 0 unspecified atom stereocenters. The van der Waals surface area contributed by atoms with E-state index in [1.165, 1.54) is 13.2 Å². The van der Waals surface area contributed by atoms with Crippen molar-refractivity contribution in [3.8, 4) is 5.75 Å². The van der Waals surface area contributed by atoms with Gasteiger partial charge in [0.1, 0.15) is 10.1 Å². The van der Waals surface area contributed by atoms with Crippen LogP contribution in [-0.4, -0.2) is 40.2 Å². The van der Waals surface area contributed by atoms with Crippen LogP contribution >= 0.6 is 24.0 Å². The number of rotatable bonds is 6. The van der Waals surface area contributed by atoms with E-state index >= 15 is 0 Å². The van der Waals surface area contributed by atoms with Crippen LogP contribution in [0.1, 0.15) is 12.0 Å². The number of ether oxygens (including phenoxy) is 1. The molecule has 1 aromatic rings. The Morgan fingerprint density at radius 2 is 1.96 bits per heavy atom. The summed E-state index contributed by atoms with van der Waals surface area (Å²) in [5.74, 6) is -3.36. The fraction of sp³-hybridized carbons (Fsp3) is 0.200. The van der Waals surface area contributed by atoms with Gasteiger partial charge in [-0.2, -0.15) is 0 Å². The number of amides is 1. The highest BCUT2D eigenvalue weighted by Crippen LogP contribution is 2.34. The molecule has 1 aliphatic heterocycles. The molecule has 1 fully saturated rings. The van der Waals surface area contributed by atoms with Crippen LogP contribution in [0.25, 0.3) is 6.08 Å². The number of methoxy groups -OCH3 is 1. The van der Waals surface area contributed by atoms with Crippen molar-refractivity contribution in [1.29, 1.82) is 0 Å². The molecule has 9 heteroatoms. The Balaban J connectivity index is 2.27. The lowest BCUT2D eigenvalue weighted by Crippen LogP contribution is -2.52. The number of carbonyl (C=O) groups is 3. The molecule has 0 spiro atoms. The fourth-order valence-electron chi connectivity index (χ4n) is 2.04. The number of carbonyl (C=O) groups excluding carboxylic acids is 3. The van der Waals surface area contributed by atoms with Crippen LogP contribution in [0.5, 0.6) is 5.75 Å². The van der Waals surface area contributed by atoms with Gasteiger partial charge in [0.05, 0.1) is 24.0 Å². The highest BCUT2D eigenvalue weighted by Gasteiger charge is 2.37. The second-order valence-electron chi connectivity index (χ2n) is 4.74. The minimum absolute atomic E-state index is 0.0461. The number of carboxylic acid groups (broad SMARTS) is 2. The molecule has 0 aliphatic carbocycles. The number of benzene rings is 1. The first-order chi connectivity index (χ1) is 11.3. The molecule has 1 amide bonds. The summed E-state index contributed by atoms with van der Waals surface area (Å²) >= 11 is 5.89. The van der Waals surface area contributed by atoms with Gasteiger partial charge in [0.25, 0.3) is 5.91 Å². The smallest absolute Gasteiger partial charge is 0.266 e. The van der Waals surface area contributed by atoms with Crippen molar-refractivity contribution in [1.82, 2.24) is 4.90 Å². The van der Waals surface area contributed by atoms with Crippen LogP contribution in [0.15, 0.2) is 29.2 Å². The molecule has 1 atom stereocenters. The van der Waals surface area contributed by atoms with E-state index in [9.17, 15) is 24.6 Å². The molecule has 1 heterocycles. The lowest BCUT2D eigenvalue weighted by Gasteiger charge is -2.27. The summed E-state index contributed by atoms with van der Waals surface area (Å²) in [6.07, 6.45) is 0.634. The average molecular weight is 365 g/mol. The Morgan fingerprint density at radius 1 is 1.33 bits per heavy atom. The lowest BCUT2D eigenvalue weighted by molar-refractivity contribution is -0.319. The lowest BCUT2D eigenvalue weighted by atomic mass is 10.1. The summed E-state index contributed by atoms with van der Waals surface area (Å²) < 4.78 is 4.99. The molecule has 2 rings (SSSR count). The monoisotopic (exact) mass is 365 g/mol. The van der Waals surface area contributed by atoms with Gasteiger partial charge in [0.2, 0.25) is 0 Å². The van der Waals surface area contributed by atoms with Crippen LogP contribution < -0.4 is 14.9 Å². The Kier molecular flexibility index (Phi) is 5.58. The molecule has 0 saturated carbocycles. The number of hydrogen-bond acceptors (Lipinski definition) is 8. The zero-order chi connectivity index (χ0) is 17.9. The van der Waals surface area contributed by atoms with Crippen LogP contribution in [0.3, 0.4) is 0 Å². The van der Waals surface area contributed by atoms with Crippen molar-refractivity contribution in [3.63, 3.8) is 0 Å². The highest BCUT2D eigenvalue weighted by molar-refractivity contribution is 8.26. The predicted molar refractivity (Wildman–Crippen MR) is 86.4 cm³/mol. The summed E-state index contributed by atoms with van der Waals surface area (Å²) in [4.78, 5) is 35.2. The molecule has 0 N–H and O–H groups in total. The quantitative estimate of drug-likeness (QED) is 0.474. The number of nitrogens with zero attached hydrogens (tertiary/aromatic N) is 1. The maximum absolute atomic E-state index is 12.4. The van der Waals surface area contributed by atoms with Crippen molar-refractivity contribution in [3.05, 3.63) is 34.7 Å². The molecule has 126 valence electrons. The maximum atomic E-state index is 12.4. The summed E-state index contributed by atoms with van der Waals surface area (Å²) in [6.45, 7) is 0. The minimum atomic E-state index is -1.71. The van der Waals surface area contributed by atoms with Gasteiger partial charge in [-0.1, -0.05) is 36.1 Å². The Morgan fingerprint density at radius 3 is 2.46 bits per heavy atom. The van der Waals surface area contributed by atoms with Gasteiger partial charge in [0.15, 0.2) is 0 Å². The predicted octanol–water partition coefficient (Wildman–Crippen LogP) is -0.845. The first kappa shape index (κ1) is 18.0. The van der Waals surface area contributed by atoms with E-state index in [0.717, 1.165) is 16.7 Å². The summed E-state index contributed by atoms with van der Waals surface area (Å²) in [6, 6.07) is 5.12. The standard InChI is InChI=1S/C15H13NO6S2/c1-22-9-4-2-8(3-5-9)6-11-13(19)16(15(23)24-11)10(14(20)21)7-12(17)18/h2-6,10H,7H2,1H3,(H,17,18)(H,20,21)/p-2/b11-6+/t10-/m0/s1. The third-order valence-electron chi connectivity index (χ3n) is 3.18. The normalized spacial score (nSPS) is 17.2. The third-order valence-corrected chi connectivity index (χ3v) is 4.51. The zero-order valence-corrected chi connectivity index (χ0v) is 14.0. The number of thiocarbonyl (C=S) groups is 1. The number of thioether (sulfide) groups is 1. The summed E-state index contributed by atoms with van der Waals surface area (Å²) in [5.41, 5.74) is 0.682. The van der Waals surface area contributed by atoms with Gasteiger partial charge in [-0.15, -0.1) is 0 Å². The van der Waals surface area contributed by atoms with Crippen molar-refractivity contribution in [2.45, 2.75) is 12.5 Å². The van der Waals surface area contributed by atoms with E-state index in [1.807, 2.05) is 0 Å². The van der Waals surface area contributed by atoms with Crippen LogP contribution in [0.4, 0.5) is 0 Å².